The highest BCUT2D eigenvalue weighted by Gasteiger charge is 2.02. The van der Waals surface area contributed by atoms with Crippen molar-refractivity contribution in [3.05, 3.63) is 59.8 Å². The zero-order valence-corrected chi connectivity index (χ0v) is 12.2. The molecule has 2 heterocycles. The Kier molecular flexibility index (Phi) is 3.83. The Hall–Kier alpha value is -2.40. The van der Waals surface area contributed by atoms with Crippen LogP contribution >= 0.6 is 11.6 Å². The van der Waals surface area contributed by atoms with Crippen LogP contribution in [-0.2, 0) is 13.7 Å². The molecule has 0 saturated heterocycles. The molecule has 21 heavy (non-hydrogen) atoms. The van der Waals surface area contributed by atoms with Crippen molar-refractivity contribution >= 4 is 11.6 Å². The molecule has 0 spiro atoms. The van der Waals surface area contributed by atoms with Gasteiger partial charge in [0, 0.05) is 24.9 Å². The van der Waals surface area contributed by atoms with Crippen molar-refractivity contribution in [3.8, 4) is 17.0 Å². The molecule has 3 aromatic rings. The summed E-state index contributed by atoms with van der Waals surface area (Å²) in [6, 6.07) is 9.72. The maximum atomic E-state index is 5.78. The molecule has 1 aromatic carbocycles. The molecule has 0 saturated carbocycles. The predicted molar refractivity (Wildman–Crippen MR) is 80.0 cm³/mol. The van der Waals surface area contributed by atoms with E-state index in [1.165, 1.54) is 6.33 Å². The molecule has 6 heteroatoms. The van der Waals surface area contributed by atoms with Crippen molar-refractivity contribution in [2.24, 2.45) is 7.05 Å². The fourth-order valence-corrected chi connectivity index (χ4v) is 2.05. The van der Waals surface area contributed by atoms with Gasteiger partial charge in [-0.3, -0.25) is 4.68 Å². The zero-order valence-electron chi connectivity index (χ0n) is 11.4. The molecule has 106 valence electrons. The van der Waals surface area contributed by atoms with Gasteiger partial charge in [0.05, 0.1) is 6.20 Å². The topological polar surface area (TPSA) is 52.8 Å². The lowest BCUT2D eigenvalue weighted by molar-refractivity contribution is 0.293. The van der Waals surface area contributed by atoms with Gasteiger partial charge in [0.15, 0.2) is 0 Å². The molecular formula is C15H13ClN4O. The number of nitrogens with zero attached hydrogens (tertiary/aromatic N) is 4. The number of aryl methyl sites for hydroxylation is 1. The highest BCUT2D eigenvalue weighted by Crippen LogP contribution is 2.19. The number of hydrogen-bond acceptors (Lipinski definition) is 4. The normalized spacial score (nSPS) is 10.6. The fraction of sp³-hybridized carbons (Fsp3) is 0.133. The Morgan fingerprint density at radius 1 is 1.14 bits per heavy atom. The van der Waals surface area contributed by atoms with Crippen molar-refractivity contribution in [2.75, 3.05) is 0 Å². The molecule has 0 aliphatic heterocycles. The lowest BCUT2D eigenvalue weighted by Crippen LogP contribution is -1.97. The van der Waals surface area contributed by atoms with Crippen LogP contribution in [0.15, 0.2) is 49.1 Å². The van der Waals surface area contributed by atoms with E-state index in [0.29, 0.717) is 17.6 Å². The summed E-state index contributed by atoms with van der Waals surface area (Å²) in [4.78, 5) is 7.80. The molecule has 0 bridgehead atoms. The van der Waals surface area contributed by atoms with Crippen LogP contribution in [-0.4, -0.2) is 19.7 Å². The van der Waals surface area contributed by atoms with E-state index in [2.05, 4.69) is 15.1 Å². The third-order valence-corrected chi connectivity index (χ3v) is 3.19. The van der Waals surface area contributed by atoms with Crippen LogP contribution in [0.1, 0.15) is 5.56 Å². The Labute approximate surface area is 127 Å². The van der Waals surface area contributed by atoms with Gasteiger partial charge in [-0.1, -0.05) is 35.9 Å². The van der Waals surface area contributed by atoms with E-state index < -0.39 is 0 Å². The molecule has 5 nitrogen and oxygen atoms in total. The number of rotatable bonds is 4. The Morgan fingerprint density at radius 3 is 2.62 bits per heavy atom. The minimum atomic E-state index is 0.368. The SMILES string of the molecule is Cn1cc(-c2ccc(COc3cc(Cl)ncn3)cc2)cn1. The summed E-state index contributed by atoms with van der Waals surface area (Å²) in [6.07, 6.45) is 5.20. The molecule has 0 aliphatic carbocycles. The van der Waals surface area contributed by atoms with Crippen LogP contribution < -0.4 is 4.74 Å². The second-order valence-electron chi connectivity index (χ2n) is 4.57. The molecule has 0 amide bonds. The van der Waals surface area contributed by atoms with Crippen molar-refractivity contribution in [2.45, 2.75) is 6.61 Å². The average Bonchev–Trinajstić information content (AvgIpc) is 2.92. The average molecular weight is 301 g/mol. The fourth-order valence-electron chi connectivity index (χ4n) is 1.92. The van der Waals surface area contributed by atoms with E-state index in [-0.39, 0.29) is 0 Å². The molecule has 2 aromatic heterocycles. The zero-order chi connectivity index (χ0) is 14.7. The van der Waals surface area contributed by atoms with Crippen LogP contribution in [0.3, 0.4) is 0 Å². The molecule has 0 atom stereocenters. The molecular weight excluding hydrogens is 288 g/mol. The van der Waals surface area contributed by atoms with E-state index >= 15 is 0 Å². The molecule has 3 rings (SSSR count). The molecule has 0 fully saturated rings. The molecule has 0 radical (unpaired) electrons. The van der Waals surface area contributed by atoms with E-state index in [4.69, 9.17) is 16.3 Å². The summed E-state index contributed by atoms with van der Waals surface area (Å²) < 4.78 is 7.35. The van der Waals surface area contributed by atoms with Gasteiger partial charge in [-0.05, 0) is 11.1 Å². The summed E-state index contributed by atoms with van der Waals surface area (Å²) in [7, 11) is 1.90. The van der Waals surface area contributed by atoms with Crippen molar-refractivity contribution in [1.82, 2.24) is 19.7 Å². The first-order valence-electron chi connectivity index (χ1n) is 6.39. The largest absolute Gasteiger partial charge is 0.473 e. The van der Waals surface area contributed by atoms with Gasteiger partial charge >= 0.3 is 0 Å². The molecule has 0 aliphatic rings. The number of aromatic nitrogens is 4. The minimum absolute atomic E-state index is 0.368. The highest BCUT2D eigenvalue weighted by molar-refractivity contribution is 6.29. The van der Waals surface area contributed by atoms with Gasteiger partial charge < -0.3 is 4.74 Å². The Morgan fingerprint density at radius 2 is 1.95 bits per heavy atom. The first-order valence-corrected chi connectivity index (χ1v) is 6.77. The Balaban J connectivity index is 1.67. The monoisotopic (exact) mass is 300 g/mol. The predicted octanol–water partition coefficient (Wildman–Crippen LogP) is 3.11. The van der Waals surface area contributed by atoms with Crippen LogP contribution in [0.25, 0.3) is 11.1 Å². The van der Waals surface area contributed by atoms with E-state index in [1.54, 1.807) is 10.7 Å². The standard InChI is InChI=1S/C15H13ClN4O/c1-20-8-13(7-19-20)12-4-2-11(3-5-12)9-21-15-6-14(16)17-10-18-15/h2-8,10H,9H2,1H3. The summed E-state index contributed by atoms with van der Waals surface area (Å²) in [6.45, 7) is 0.431. The molecule has 0 unspecified atom stereocenters. The first kappa shape index (κ1) is 13.6. The number of benzene rings is 1. The number of halogens is 1. The lowest BCUT2D eigenvalue weighted by Gasteiger charge is -2.06. The van der Waals surface area contributed by atoms with E-state index in [1.807, 2.05) is 43.7 Å². The third kappa shape index (κ3) is 3.38. The summed E-state index contributed by atoms with van der Waals surface area (Å²) >= 11 is 5.78. The van der Waals surface area contributed by atoms with Gasteiger partial charge in [0.1, 0.15) is 18.1 Å². The maximum absolute atomic E-state index is 5.78. The minimum Gasteiger partial charge on any atom is -0.473 e. The summed E-state index contributed by atoms with van der Waals surface area (Å²) in [5.74, 6) is 0.464. The number of hydrogen-bond donors (Lipinski definition) is 0. The lowest BCUT2D eigenvalue weighted by atomic mass is 10.1. The Bertz CT molecular complexity index is 739. The van der Waals surface area contributed by atoms with E-state index in [9.17, 15) is 0 Å². The van der Waals surface area contributed by atoms with Crippen molar-refractivity contribution < 1.29 is 4.74 Å². The maximum Gasteiger partial charge on any atom is 0.218 e. The summed E-state index contributed by atoms with van der Waals surface area (Å²) in [5, 5.41) is 4.53. The van der Waals surface area contributed by atoms with Crippen LogP contribution in [0.2, 0.25) is 5.15 Å². The van der Waals surface area contributed by atoms with Gasteiger partial charge in [0.2, 0.25) is 5.88 Å². The number of ether oxygens (including phenoxy) is 1. The van der Waals surface area contributed by atoms with Gasteiger partial charge in [-0.2, -0.15) is 5.10 Å². The van der Waals surface area contributed by atoms with Crippen LogP contribution in [0.5, 0.6) is 5.88 Å². The smallest absolute Gasteiger partial charge is 0.218 e. The first-order chi connectivity index (χ1) is 10.2. The van der Waals surface area contributed by atoms with Crippen molar-refractivity contribution in [1.29, 1.82) is 0 Å². The van der Waals surface area contributed by atoms with Gasteiger partial charge in [-0.25, -0.2) is 9.97 Å². The summed E-state index contributed by atoms with van der Waals surface area (Å²) in [5.41, 5.74) is 3.27. The van der Waals surface area contributed by atoms with Gasteiger partial charge in [-0.15, -0.1) is 0 Å². The quantitative estimate of drug-likeness (QED) is 0.695. The van der Waals surface area contributed by atoms with E-state index in [0.717, 1.165) is 16.7 Å². The van der Waals surface area contributed by atoms with Crippen molar-refractivity contribution in [3.63, 3.8) is 0 Å². The third-order valence-electron chi connectivity index (χ3n) is 2.99. The van der Waals surface area contributed by atoms with Crippen LogP contribution in [0, 0.1) is 0 Å². The second kappa shape index (κ2) is 5.93. The molecule has 0 N–H and O–H groups in total. The van der Waals surface area contributed by atoms with Crippen LogP contribution in [0.4, 0.5) is 0 Å². The highest BCUT2D eigenvalue weighted by atomic mass is 35.5. The second-order valence-corrected chi connectivity index (χ2v) is 4.95. The van der Waals surface area contributed by atoms with Gasteiger partial charge in [0.25, 0.3) is 0 Å².